The van der Waals surface area contributed by atoms with Crippen molar-refractivity contribution in [2.75, 3.05) is 0 Å². The van der Waals surface area contributed by atoms with E-state index in [1.54, 1.807) is 12.1 Å². The Hall–Kier alpha value is -5.05. The van der Waals surface area contributed by atoms with Crippen LogP contribution in [0.4, 0.5) is 30.7 Å². The maximum absolute atomic E-state index is 14.4. The highest BCUT2D eigenvalue weighted by Gasteiger charge is 2.33. The minimum atomic E-state index is -4.92. The molecule has 0 unspecified atom stereocenters. The number of benzene rings is 6. The Labute approximate surface area is 392 Å². The molecule has 0 spiro atoms. The Morgan fingerprint density at radius 2 is 0.910 bits per heavy atom. The van der Waals surface area contributed by atoms with Gasteiger partial charge in [0.2, 0.25) is 0 Å². The SMILES string of the molecule is CCCCC[C@H]1CC[C@H](c2ccc(CCc3ccc4cc(OC(F)(F)F)ccc4c3)cc2)CC1.CCC[C@H]1CC[C@H](c2ccc(CCc3ccc4c(F)c(OC(F)(F)F)ccc4c3)cc2)CC1. The molecule has 9 heteroatoms. The molecule has 0 aromatic heterocycles. The summed E-state index contributed by atoms with van der Waals surface area (Å²) >= 11 is 0. The van der Waals surface area contributed by atoms with E-state index in [4.69, 9.17) is 0 Å². The predicted octanol–water partition coefficient (Wildman–Crippen LogP) is 18.1. The van der Waals surface area contributed by atoms with Gasteiger partial charge in [-0.1, -0.05) is 149 Å². The summed E-state index contributed by atoms with van der Waals surface area (Å²) in [5.41, 5.74) is 7.70. The number of hydrogen-bond donors (Lipinski definition) is 0. The fourth-order valence-electron chi connectivity index (χ4n) is 10.5. The fourth-order valence-corrected chi connectivity index (χ4v) is 10.5. The zero-order valence-corrected chi connectivity index (χ0v) is 39.0. The molecule has 2 aliphatic rings. The lowest BCUT2D eigenvalue weighted by molar-refractivity contribution is -0.276. The number of alkyl halides is 6. The summed E-state index contributed by atoms with van der Waals surface area (Å²) < 4.78 is 96.8. The smallest absolute Gasteiger partial charge is 0.406 e. The van der Waals surface area contributed by atoms with E-state index in [1.165, 1.54) is 142 Å². The monoisotopic (exact) mass is 926 g/mol. The second-order valence-electron chi connectivity index (χ2n) is 19.1. The summed E-state index contributed by atoms with van der Waals surface area (Å²) in [5.74, 6) is 1.25. The Morgan fingerprint density at radius 3 is 1.45 bits per heavy atom. The lowest BCUT2D eigenvalue weighted by atomic mass is 9.77. The number of halogens is 7. The molecule has 67 heavy (non-hydrogen) atoms. The molecular weight excluding hydrogens is 862 g/mol. The van der Waals surface area contributed by atoms with Crippen LogP contribution in [-0.2, 0) is 25.7 Å². The molecule has 6 aromatic carbocycles. The van der Waals surface area contributed by atoms with Crippen LogP contribution in [0.15, 0.2) is 115 Å². The van der Waals surface area contributed by atoms with Crippen LogP contribution in [-0.4, -0.2) is 12.7 Å². The summed E-state index contributed by atoms with van der Waals surface area (Å²) in [7, 11) is 0. The van der Waals surface area contributed by atoms with Crippen molar-refractivity contribution in [2.45, 2.75) is 154 Å². The molecule has 358 valence electrons. The average molecular weight is 927 g/mol. The highest BCUT2D eigenvalue weighted by molar-refractivity contribution is 5.86. The fraction of sp³-hybridized carbons (Fsp3) is 0.448. The standard InChI is InChI=1S/C30H35F3O.C28H30F4O/c1-2-3-4-5-22-8-13-25(14-9-22)26-15-10-23(11-16-26)6-7-24-12-17-28-21-29(34-30(31,32)33)19-18-27(28)20-24;1-2-3-19-6-11-22(12-7-19)23-13-8-20(9-14-23)4-5-21-10-16-25-24(18-21)15-17-26(27(25)29)33-28(30,31)32/h10-12,15-22,25H,2-9,13-14H2,1H3;8-10,13-19,22H,2-7,11-12H2,1H3/t22-,25-;19-,22-. The summed E-state index contributed by atoms with van der Waals surface area (Å²) in [6.07, 6.45) is 12.7. The van der Waals surface area contributed by atoms with Gasteiger partial charge in [0.05, 0.1) is 0 Å². The van der Waals surface area contributed by atoms with Crippen LogP contribution < -0.4 is 9.47 Å². The predicted molar refractivity (Wildman–Crippen MR) is 257 cm³/mol. The second kappa shape index (κ2) is 23.3. The molecule has 0 heterocycles. The van der Waals surface area contributed by atoms with E-state index in [0.29, 0.717) is 17.2 Å². The molecule has 0 saturated heterocycles. The van der Waals surface area contributed by atoms with Gasteiger partial charge in [0.15, 0.2) is 11.6 Å². The van der Waals surface area contributed by atoms with Gasteiger partial charge in [-0.05, 0) is 168 Å². The molecule has 0 atom stereocenters. The number of aryl methyl sites for hydroxylation is 4. The van der Waals surface area contributed by atoms with E-state index in [9.17, 15) is 30.7 Å². The Morgan fingerprint density at radius 1 is 0.448 bits per heavy atom. The molecule has 2 saturated carbocycles. The van der Waals surface area contributed by atoms with Gasteiger partial charge in [-0.15, -0.1) is 26.3 Å². The van der Waals surface area contributed by atoms with Crippen LogP contribution in [0.5, 0.6) is 11.5 Å². The number of hydrogen-bond acceptors (Lipinski definition) is 2. The summed E-state index contributed by atoms with van der Waals surface area (Å²) in [5, 5.41) is 2.36. The lowest BCUT2D eigenvalue weighted by Gasteiger charge is -2.29. The van der Waals surface area contributed by atoms with Crippen LogP contribution >= 0.6 is 0 Å². The van der Waals surface area contributed by atoms with E-state index in [-0.39, 0.29) is 11.1 Å². The highest BCUT2D eigenvalue weighted by Crippen LogP contribution is 2.39. The van der Waals surface area contributed by atoms with Crippen LogP contribution in [0.25, 0.3) is 21.5 Å². The van der Waals surface area contributed by atoms with Crippen molar-refractivity contribution in [3.8, 4) is 11.5 Å². The van der Waals surface area contributed by atoms with E-state index < -0.39 is 24.3 Å². The third-order valence-corrected chi connectivity index (χ3v) is 14.2. The zero-order chi connectivity index (χ0) is 47.4. The minimum Gasteiger partial charge on any atom is -0.406 e. The van der Waals surface area contributed by atoms with Gasteiger partial charge in [-0.25, -0.2) is 4.39 Å². The largest absolute Gasteiger partial charge is 0.573 e. The lowest BCUT2D eigenvalue weighted by Crippen LogP contribution is -2.18. The van der Waals surface area contributed by atoms with Gasteiger partial charge in [-0.2, -0.15) is 0 Å². The first-order chi connectivity index (χ1) is 32.2. The Bertz CT molecular complexity index is 2460. The average Bonchev–Trinajstić information content (AvgIpc) is 3.31. The zero-order valence-electron chi connectivity index (χ0n) is 39.0. The molecule has 8 rings (SSSR count). The summed E-state index contributed by atoms with van der Waals surface area (Å²) in [4.78, 5) is 0. The third kappa shape index (κ3) is 15.0. The van der Waals surface area contributed by atoms with Crippen molar-refractivity contribution in [3.05, 3.63) is 154 Å². The van der Waals surface area contributed by atoms with E-state index in [2.05, 4.69) is 77.9 Å². The third-order valence-electron chi connectivity index (χ3n) is 14.2. The molecule has 2 nitrogen and oxygen atoms in total. The van der Waals surface area contributed by atoms with E-state index in [1.807, 2.05) is 18.2 Å². The number of fused-ring (bicyclic) bond motifs is 2. The van der Waals surface area contributed by atoms with Gasteiger partial charge in [0.1, 0.15) is 5.75 Å². The van der Waals surface area contributed by atoms with E-state index in [0.717, 1.165) is 59.9 Å². The van der Waals surface area contributed by atoms with Gasteiger partial charge in [-0.3, -0.25) is 0 Å². The molecule has 0 aliphatic heterocycles. The number of rotatable bonds is 16. The maximum atomic E-state index is 14.4. The van der Waals surface area contributed by atoms with Crippen LogP contribution in [0.2, 0.25) is 0 Å². The van der Waals surface area contributed by atoms with Crippen molar-refractivity contribution in [2.24, 2.45) is 11.8 Å². The molecule has 0 N–H and O–H groups in total. The van der Waals surface area contributed by atoms with Gasteiger partial charge < -0.3 is 9.47 Å². The first-order valence-electron chi connectivity index (χ1n) is 24.6. The molecule has 2 aliphatic carbocycles. The van der Waals surface area contributed by atoms with Gasteiger partial charge in [0.25, 0.3) is 0 Å². The summed E-state index contributed by atoms with van der Waals surface area (Å²) in [6.45, 7) is 4.54. The van der Waals surface area contributed by atoms with Crippen molar-refractivity contribution in [3.63, 3.8) is 0 Å². The molecule has 2 fully saturated rings. The van der Waals surface area contributed by atoms with Crippen LogP contribution in [0, 0.1) is 17.7 Å². The maximum Gasteiger partial charge on any atom is 0.573 e. The first-order valence-corrected chi connectivity index (χ1v) is 24.6. The number of ether oxygens (including phenoxy) is 2. The molecule has 0 bridgehead atoms. The quantitative estimate of drug-likeness (QED) is 0.0711. The molecule has 0 amide bonds. The molecule has 0 radical (unpaired) electrons. The number of unbranched alkanes of at least 4 members (excludes halogenated alkanes) is 2. The Kier molecular flexibility index (Phi) is 17.3. The Balaban J connectivity index is 0.000000199. The first kappa shape index (κ1) is 49.8. The van der Waals surface area contributed by atoms with Crippen molar-refractivity contribution in [1.82, 2.24) is 0 Å². The topological polar surface area (TPSA) is 18.5 Å². The summed E-state index contributed by atoms with van der Waals surface area (Å²) in [6, 6.07) is 36.1. The molecule has 6 aromatic rings. The molecular formula is C58H65F7O2. The van der Waals surface area contributed by atoms with Gasteiger partial charge in [0, 0.05) is 5.39 Å². The van der Waals surface area contributed by atoms with Crippen molar-refractivity contribution < 1.29 is 40.2 Å². The van der Waals surface area contributed by atoms with Crippen LogP contribution in [0.3, 0.4) is 0 Å². The highest BCUT2D eigenvalue weighted by atomic mass is 19.4. The van der Waals surface area contributed by atoms with Crippen molar-refractivity contribution >= 4 is 21.5 Å². The van der Waals surface area contributed by atoms with Gasteiger partial charge >= 0.3 is 12.7 Å². The van der Waals surface area contributed by atoms with Crippen molar-refractivity contribution in [1.29, 1.82) is 0 Å². The van der Waals surface area contributed by atoms with E-state index >= 15 is 0 Å². The van der Waals surface area contributed by atoms with Crippen LogP contribution in [0.1, 0.15) is 149 Å². The minimum absolute atomic E-state index is 0.124. The normalized spacial score (nSPS) is 18.9. The second-order valence-corrected chi connectivity index (χ2v) is 19.1.